The van der Waals surface area contributed by atoms with Crippen LogP contribution in [0.1, 0.15) is 5.56 Å². The summed E-state index contributed by atoms with van der Waals surface area (Å²) in [6.45, 7) is 1.29. The van der Waals surface area contributed by atoms with Crippen LogP contribution < -0.4 is 10.2 Å². The summed E-state index contributed by atoms with van der Waals surface area (Å²) in [5.74, 6) is 0. The van der Waals surface area contributed by atoms with Gasteiger partial charge in [0, 0.05) is 16.0 Å². The van der Waals surface area contributed by atoms with E-state index in [2.05, 4.69) is 10.3 Å². The minimum atomic E-state index is -4.56. The lowest BCUT2D eigenvalue weighted by Gasteiger charge is -2.29. The number of urea groups is 1. The van der Waals surface area contributed by atoms with E-state index in [1.54, 1.807) is 29.6 Å². The number of hydrogen-bond donors (Lipinski definition) is 2. The average molecular weight is 514 g/mol. The third-order valence-corrected chi connectivity index (χ3v) is 6.20. The Morgan fingerprint density at radius 2 is 1.91 bits per heavy atom. The average Bonchev–Trinajstić information content (AvgIpc) is 3.23. The highest BCUT2D eigenvalue weighted by molar-refractivity contribution is 7.14. The zero-order valence-electron chi connectivity index (χ0n) is 18.6. The summed E-state index contributed by atoms with van der Waals surface area (Å²) in [4.78, 5) is 18.8. The number of aliphatic hydroxyl groups is 1. The molecule has 0 atom stereocenters. The SMILES string of the molecule is C[N+](C)(CCO)CCNC(=O)N(c1cccc(C(F)(F)F)c1)c1nc(-c2cccc(Cl)c2)cs1. The van der Waals surface area contributed by atoms with Gasteiger partial charge in [-0.3, -0.25) is 0 Å². The number of benzene rings is 2. The molecule has 0 spiro atoms. The number of aromatic nitrogens is 1. The molecule has 0 bridgehead atoms. The van der Waals surface area contributed by atoms with E-state index < -0.39 is 17.8 Å². The van der Waals surface area contributed by atoms with E-state index in [0.29, 0.717) is 28.3 Å². The lowest BCUT2D eigenvalue weighted by atomic mass is 10.2. The van der Waals surface area contributed by atoms with Crippen molar-refractivity contribution < 1.29 is 27.6 Å². The van der Waals surface area contributed by atoms with E-state index in [-0.39, 0.29) is 24.0 Å². The molecule has 6 nitrogen and oxygen atoms in total. The fraction of sp³-hybridized carbons (Fsp3) is 0.304. The Hall–Kier alpha value is -2.66. The Morgan fingerprint density at radius 3 is 2.59 bits per heavy atom. The maximum Gasteiger partial charge on any atom is 0.416 e. The summed E-state index contributed by atoms with van der Waals surface area (Å²) in [6.07, 6.45) is -4.56. The van der Waals surface area contributed by atoms with Gasteiger partial charge in [-0.25, -0.2) is 14.7 Å². The summed E-state index contributed by atoms with van der Waals surface area (Å²) in [6, 6.07) is 11.0. The van der Waals surface area contributed by atoms with E-state index in [1.165, 1.54) is 12.1 Å². The third-order valence-electron chi connectivity index (χ3n) is 5.14. The van der Waals surface area contributed by atoms with Crippen LogP contribution in [0.2, 0.25) is 5.02 Å². The van der Waals surface area contributed by atoms with Gasteiger partial charge >= 0.3 is 12.2 Å². The second-order valence-electron chi connectivity index (χ2n) is 8.25. The zero-order valence-corrected chi connectivity index (χ0v) is 20.2. The van der Waals surface area contributed by atoms with Gasteiger partial charge in [-0.15, -0.1) is 11.3 Å². The van der Waals surface area contributed by atoms with Gasteiger partial charge in [0.1, 0.15) is 6.54 Å². The van der Waals surface area contributed by atoms with Crippen LogP contribution in [0.3, 0.4) is 0 Å². The van der Waals surface area contributed by atoms with Crippen molar-refractivity contribution in [2.75, 3.05) is 45.2 Å². The number of likely N-dealkylation sites (N-methyl/N-ethyl adjacent to an activating group) is 1. The maximum atomic E-state index is 13.3. The third kappa shape index (κ3) is 6.69. The Morgan fingerprint density at radius 1 is 1.18 bits per heavy atom. The van der Waals surface area contributed by atoms with E-state index in [1.807, 2.05) is 14.1 Å². The zero-order chi connectivity index (χ0) is 24.9. The number of rotatable bonds is 8. The summed E-state index contributed by atoms with van der Waals surface area (Å²) in [5, 5.41) is 14.4. The van der Waals surface area contributed by atoms with Crippen molar-refractivity contribution in [1.29, 1.82) is 0 Å². The second kappa shape index (κ2) is 10.7. The van der Waals surface area contributed by atoms with E-state index >= 15 is 0 Å². The molecule has 0 aliphatic rings. The number of nitrogens with zero attached hydrogens (tertiary/aromatic N) is 3. The van der Waals surface area contributed by atoms with Gasteiger partial charge in [-0.1, -0.05) is 29.8 Å². The number of carbonyl (C=O) groups is 1. The summed E-state index contributed by atoms with van der Waals surface area (Å²) in [5.41, 5.74) is 0.453. The van der Waals surface area contributed by atoms with E-state index in [9.17, 15) is 23.1 Å². The Kier molecular flexibility index (Phi) is 8.19. The molecule has 0 saturated heterocycles. The van der Waals surface area contributed by atoms with Gasteiger partial charge in [0.2, 0.25) is 0 Å². The van der Waals surface area contributed by atoms with Gasteiger partial charge in [-0.05, 0) is 30.3 Å². The highest BCUT2D eigenvalue weighted by Crippen LogP contribution is 2.36. The van der Waals surface area contributed by atoms with Crippen LogP contribution in [0.15, 0.2) is 53.9 Å². The van der Waals surface area contributed by atoms with Gasteiger partial charge < -0.3 is 14.9 Å². The first-order chi connectivity index (χ1) is 16.0. The molecule has 1 heterocycles. The molecule has 0 aliphatic carbocycles. The first kappa shape index (κ1) is 26.0. The number of aliphatic hydroxyl groups excluding tert-OH is 1. The fourth-order valence-corrected chi connectivity index (χ4v) is 4.25. The van der Waals surface area contributed by atoms with Crippen LogP contribution >= 0.6 is 22.9 Å². The monoisotopic (exact) mass is 513 g/mol. The molecule has 2 aromatic carbocycles. The van der Waals surface area contributed by atoms with E-state index in [0.717, 1.165) is 33.9 Å². The Labute approximate surface area is 204 Å². The Bertz CT molecular complexity index is 1140. The van der Waals surface area contributed by atoms with Crippen molar-refractivity contribution in [2.45, 2.75) is 6.18 Å². The van der Waals surface area contributed by atoms with Gasteiger partial charge in [0.15, 0.2) is 5.13 Å². The molecule has 2 N–H and O–H groups in total. The van der Waals surface area contributed by atoms with Crippen molar-refractivity contribution >= 4 is 39.8 Å². The number of halogens is 4. The number of amides is 2. The number of nitrogens with one attached hydrogen (secondary N) is 1. The van der Waals surface area contributed by atoms with Crippen molar-refractivity contribution in [3.63, 3.8) is 0 Å². The quantitative estimate of drug-likeness (QED) is 0.396. The minimum Gasteiger partial charge on any atom is -0.391 e. The van der Waals surface area contributed by atoms with Crippen molar-refractivity contribution in [3.8, 4) is 11.3 Å². The molecule has 0 radical (unpaired) electrons. The van der Waals surface area contributed by atoms with Crippen LogP contribution in [0.4, 0.5) is 28.8 Å². The lowest BCUT2D eigenvalue weighted by Crippen LogP contribution is -2.48. The first-order valence-electron chi connectivity index (χ1n) is 10.4. The van der Waals surface area contributed by atoms with Crippen molar-refractivity contribution in [3.05, 3.63) is 64.5 Å². The molecule has 0 saturated carbocycles. The molecular formula is C23H25ClF3N4O2S+. The lowest BCUT2D eigenvalue weighted by molar-refractivity contribution is -0.889. The van der Waals surface area contributed by atoms with Crippen LogP contribution in [-0.4, -0.2) is 60.9 Å². The predicted octanol–water partition coefficient (Wildman–Crippen LogP) is 5.40. The molecule has 0 fully saturated rings. The molecule has 34 heavy (non-hydrogen) atoms. The van der Waals surface area contributed by atoms with E-state index in [4.69, 9.17) is 11.6 Å². The molecule has 3 aromatic rings. The molecule has 3 rings (SSSR count). The first-order valence-corrected chi connectivity index (χ1v) is 11.7. The van der Waals surface area contributed by atoms with Crippen molar-refractivity contribution in [1.82, 2.24) is 10.3 Å². The highest BCUT2D eigenvalue weighted by Gasteiger charge is 2.32. The number of thiazole rings is 1. The molecule has 182 valence electrons. The summed E-state index contributed by atoms with van der Waals surface area (Å²) >= 11 is 7.20. The Balaban J connectivity index is 1.92. The summed E-state index contributed by atoms with van der Waals surface area (Å²) < 4.78 is 40.5. The molecular weight excluding hydrogens is 489 g/mol. The van der Waals surface area contributed by atoms with Crippen LogP contribution in [0.5, 0.6) is 0 Å². The highest BCUT2D eigenvalue weighted by atomic mass is 35.5. The second-order valence-corrected chi connectivity index (χ2v) is 9.52. The molecule has 2 amide bonds. The molecule has 11 heteroatoms. The number of quaternary nitrogens is 1. The topological polar surface area (TPSA) is 65.5 Å². The number of anilines is 2. The normalized spacial score (nSPS) is 12.0. The number of alkyl halides is 3. The largest absolute Gasteiger partial charge is 0.416 e. The number of hydrogen-bond acceptors (Lipinski definition) is 4. The minimum absolute atomic E-state index is 0.00268. The van der Waals surface area contributed by atoms with Gasteiger partial charge in [-0.2, -0.15) is 13.2 Å². The molecule has 0 unspecified atom stereocenters. The van der Waals surface area contributed by atoms with Gasteiger partial charge in [0.25, 0.3) is 0 Å². The smallest absolute Gasteiger partial charge is 0.391 e. The predicted molar refractivity (Wildman–Crippen MR) is 128 cm³/mol. The molecule has 0 aliphatic heterocycles. The van der Waals surface area contributed by atoms with Crippen LogP contribution in [-0.2, 0) is 6.18 Å². The van der Waals surface area contributed by atoms with Gasteiger partial charge in [0.05, 0.1) is 50.7 Å². The standard InChI is InChI=1S/C23H24ClF3N4O2S/c1-31(2,11-12-32)10-9-28-21(33)30(19-8-4-6-17(14-19)23(25,26)27)22-29-20(15-34-22)16-5-3-7-18(24)13-16/h3-8,13-15,32H,9-12H2,1-2H3/p+1. The summed E-state index contributed by atoms with van der Waals surface area (Å²) in [7, 11) is 3.82. The number of carbonyl (C=O) groups excluding carboxylic acids is 1. The van der Waals surface area contributed by atoms with Crippen LogP contribution in [0.25, 0.3) is 11.3 Å². The fourth-order valence-electron chi connectivity index (χ4n) is 3.21. The van der Waals surface area contributed by atoms with Crippen LogP contribution in [0, 0.1) is 0 Å². The molecule has 1 aromatic heterocycles. The van der Waals surface area contributed by atoms with Crippen molar-refractivity contribution in [2.24, 2.45) is 0 Å². The maximum absolute atomic E-state index is 13.3.